The van der Waals surface area contributed by atoms with Gasteiger partial charge in [-0.3, -0.25) is 0 Å². The van der Waals surface area contributed by atoms with E-state index in [0.717, 1.165) is 64.0 Å². The second kappa shape index (κ2) is 5.42. The van der Waals surface area contributed by atoms with Gasteiger partial charge in [-0.05, 0) is 18.9 Å². The summed E-state index contributed by atoms with van der Waals surface area (Å²) in [5, 5.41) is 0. The van der Waals surface area contributed by atoms with Crippen molar-refractivity contribution < 1.29 is 9.47 Å². The average molecular weight is 290 g/mol. The molecule has 0 saturated carbocycles. The molecule has 0 unspecified atom stereocenters. The van der Waals surface area contributed by atoms with Gasteiger partial charge < -0.3 is 19.3 Å². The summed E-state index contributed by atoms with van der Waals surface area (Å²) in [5.74, 6) is 1.57. The van der Waals surface area contributed by atoms with Crippen molar-refractivity contribution in [1.82, 2.24) is 9.97 Å². The van der Waals surface area contributed by atoms with Crippen molar-refractivity contribution in [3.8, 4) is 0 Å². The predicted octanol–water partition coefficient (Wildman–Crippen LogP) is 1.42. The molecule has 0 amide bonds. The minimum absolute atomic E-state index is 0.330. The molecule has 6 nitrogen and oxygen atoms in total. The molecular weight excluding hydrogens is 268 g/mol. The molecule has 114 valence electrons. The van der Waals surface area contributed by atoms with E-state index in [0.29, 0.717) is 0 Å². The van der Waals surface area contributed by atoms with Crippen molar-refractivity contribution in [2.45, 2.75) is 31.5 Å². The second-order valence-corrected chi connectivity index (χ2v) is 6.00. The molecule has 0 radical (unpaired) electrons. The van der Waals surface area contributed by atoms with Gasteiger partial charge >= 0.3 is 0 Å². The van der Waals surface area contributed by atoms with E-state index in [1.54, 1.807) is 0 Å². The van der Waals surface area contributed by atoms with Gasteiger partial charge in [-0.15, -0.1) is 0 Å². The van der Waals surface area contributed by atoms with Gasteiger partial charge in [0.2, 0.25) is 5.95 Å². The lowest BCUT2D eigenvalue weighted by Gasteiger charge is -2.37. The Bertz CT molecular complexity index is 488. The maximum absolute atomic E-state index is 5.77. The Morgan fingerprint density at radius 1 is 0.952 bits per heavy atom. The molecule has 3 fully saturated rings. The van der Waals surface area contributed by atoms with Crippen LogP contribution in [-0.2, 0) is 9.47 Å². The third-order valence-electron chi connectivity index (χ3n) is 4.68. The fraction of sp³-hybridized carbons (Fsp3) is 0.733. The lowest BCUT2D eigenvalue weighted by molar-refractivity contribution is -0.169. The number of hydrogen-bond acceptors (Lipinski definition) is 6. The quantitative estimate of drug-likeness (QED) is 0.821. The third-order valence-corrected chi connectivity index (χ3v) is 4.68. The molecular formula is C15H22N4O2. The lowest BCUT2D eigenvalue weighted by atomic mass is 10.0. The standard InChI is InChI=1S/C15H22N4O2/c1-2-8-18(7-1)13-3-6-16-14(17-13)19-9-4-15(5-10-19)20-11-12-21-15/h3,6H,1-2,4-5,7-12H2. The van der Waals surface area contributed by atoms with E-state index in [1.807, 2.05) is 12.3 Å². The van der Waals surface area contributed by atoms with Gasteiger partial charge in [-0.1, -0.05) is 0 Å². The number of aromatic nitrogens is 2. The Balaban J connectivity index is 1.45. The zero-order valence-corrected chi connectivity index (χ0v) is 12.3. The van der Waals surface area contributed by atoms with E-state index in [-0.39, 0.29) is 5.79 Å². The van der Waals surface area contributed by atoms with Gasteiger partial charge in [-0.25, -0.2) is 4.98 Å². The average Bonchev–Trinajstić information content (AvgIpc) is 3.20. The Labute approximate surface area is 125 Å². The van der Waals surface area contributed by atoms with Crippen LogP contribution in [0.5, 0.6) is 0 Å². The molecule has 21 heavy (non-hydrogen) atoms. The van der Waals surface area contributed by atoms with Crippen LogP contribution >= 0.6 is 0 Å². The first-order valence-corrected chi connectivity index (χ1v) is 7.96. The largest absolute Gasteiger partial charge is 0.356 e. The highest BCUT2D eigenvalue weighted by Crippen LogP contribution is 2.32. The summed E-state index contributed by atoms with van der Waals surface area (Å²) in [5.41, 5.74) is 0. The minimum atomic E-state index is -0.330. The summed E-state index contributed by atoms with van der Waals surface area (Å²) in [4.78, 5) is 13.8. The van der Waals surface area contributed by atoms with Crippen molar-refractivity contribution in [1.29, 1.82) is 0 Å². The highest BCUT2D eigenvalue weighted by Gasteiger charge is 2.40. The Morgan fingerprint density at radius 3 is 2.38 bits per heavy atom. The van der Waals surface area contributed by atoms with Crippen LogP contribution in [0.25, 0.3) is 0 Å². The van der Waals surface area contributed by atoms with Crippen LogP contribution in [0.3, 0.4) is 0 Å². The van der Waals surface area contributed by atoms with Gasteiger partial charge in [0.1, 0.15) is 5.82 Å². The number of nitrogens with zero attached hydrogens (tertiary/aromatic N) is 4. The van der Waals surface area contributed by atoms with Gasteiger partial charge in [0.25, 0.3) is 0 Å². The molecule has 1 aromatic heterocycles. The number of anilines is 2. The zero-order valence-electron chi connectivity index (χ0n) is 12.3. The Hall–Kier alpha value is -1.40. The van der Waals surface area contributed by atoms with Crippen molar-refractivity contribution >= 4 is 11.8 Å². The monoisotopic (exact) mass is 290 g/mol. The fourth-order valence-corrected chi connectivity index (χ4v) is 3.45. The smallest absolute Gasteiger partial charge is 0.227 e. The molecule has 0 N–H and O–H groups in total. The molecule has 4 rings (SSSR count). The molecule has 4 heterocycles. The van der Waals surface area contributed by atoms with E-state index in [4.69, 9.17) is 14.5 Å². The first-order chi connectivity index (χ1) is 10.3. The van der Waals surface area contributed by atoms with Crippen LogP contribution in [0.1, 0.15) is 25.7 Å². The third kappa shape index (κ3) is 2.58. The number of piperidine rings is 1. The maximum Gasteiger partial charge on any atom is 0.227 e. The van der Waals surface area contributed by atoms with Gasteiger partial charge in [0, 0.05) is 45.2 Å². The lowest BCUT2D eigenvalue weighted by Crippen LogP contribution is -2.45. The SMILES string of the molecule is c1cc(N2CCCC2)nc(N2CCC3(CC2)OCCO3)n1. The normalized spacial score (nSPS) is 25.0. The topological polar surface area (TPSA) is 50.7 Å². The van der Waals surface area contributed by atoms with E-state index in [9.17, 15) is 0 Å². The molecule has 0 atom stereocenters. The van der Waals surface area contributed by atoms with Crippen LogP contribution in [0.4, 0.5) is 11.8 Å². The van der Waals surface area contributed by atoms with Crippen molar-refractivity contribution in [3.63, 3.8) is 0 Å². The minimum Gasteiger partial charge on any atom is -0.356 e. The summed E-state index contributed by atoms with van der Waals surface area (Å²) >= 11 is 0. The van der Waals surface area contributed by atoms with E-state index < -0.39 is 0 Å². The summed E-state index contributed by atoms with van der Waals surface area (Å²) in [7, 11) is 0. The molecule has 1 aromatic rings. The predicted molar refractivity (Wildman–Crippen MR) is 79.6 cm³/mol. The van der Waals surface area contributed by atoms with Gasteiger partial charge in [0.05, 0.1) is 13.2 Å². The highest BCUT2D eigenvalue weighted by atomic mass is 16.7. The fourth-order valence-electron chi connectivity index (χ4n) is 3.45. The maximum atomic E-state index is 5.77. The summed E-state index contributed by atoms with van der Waals surface area (Å²) in [6, 6.07) is 2.02. The van der Waals surface area contributed by atoms with Crippen LogP contribution in [0, 0.1) is 0 Å². The van der Waals surface area contributed by atoms with Crippen LogP contribution < -0.4 is 9.80 Å². The zero-order chi connectivity index (χ0) is 14.1. The first kappa shape index (κ1) is 13.3. The Kier molecular flexibility index (Phi) is 3.43. The van der Waals surface area contributed by atoms with Crippen LogP contribution in [0.15, 0.2) is 12.3 Å². The van der Waals surface area contributed by atoms with Crippen molar-refractivity contribution in [3.05, 3.63) is 12.3 Å². The molecule has 0 aliphatic carbocycles. The summed E-state index contributed by atoms with van der Waals surface area (Å²) in [6.45, 7) is 5.46. The summed E-state index contributed by atoms with van der Waals surface area (Å²) in [6.07, 6.45) is 6.19. The van der Waals surface area contributed by atoms with E-state index in [2.05, 4.69) is 14.8 Å². The van der Waals surface area contributed by atoms with Gasteiger partial charge in [-0.2, -0.15) is 4.98 Å². The Morgan fingerprint density at radius 2 is 1.67 bits per heavy atom. The van der Waals surface area contributed by atoms with Crippen LogP contribution in [0.2, 0.25) is 0 Å². The van der Waals surface area contributed by atoms with E-state index >= 15 is 0 Å². The molecule has 3 saturated heterocycles. The molecule has 3 aliphatic heterocycles. The second-order valence-electron chi connectivity index (χ2n) is 6.00. The van der Waals surface area contributed by atoms with Gasteiger partial charge in [0.15, 0.2) is 5.79 Å². The summed E-state index contributed by atoms with van der Waals surface area (Å²) < 4.78 is 11.5. The highest BCUT2D eigenvalue weighted by molar-refractivity contribution is 5.44. The molecule has 3 aliphatic rings. The molecule has 1 spiro atoms. The number of ether oxygens (including phenoxy) is 2. The van der Waals surface area contributed by atoms with Crippen molar-refractivity contribution in [2.75, 3.05) is 49.2 Å². The molecule has 0 bridgehead atoms. The number of rotatable bonds is 2. The van der Waals surface area contributed by atoms with Crippen LogP contribution in [-0.4, -0.2) is 55.1 Å². The van der Waals surface area contributed by atoms with E-state index in [1.165, 1.54) is 12.8 Å². The molecule has 0 aromatic carbocycles. The van der Waals surface area contributed by atoms with Crippen molar-refractivity contribution in [2.24, 2.45) is 0 Å². The molecule has 6 heteroatoms. The first-order valence-electron chi connectivity index (χ1n) is 7.96. The number of hydrogen-bond donors (Lipinski definition) is 0.